The van der Waals surface area contributed by atoms with Crippen LogP contribution in [0.15, 0.2) is 59.4 Å². The van der Waals surface area contributed by atoms with Crippen LogP contribution >= 0.6 is 0 Å². The number of nitrogens with one attached hydrogen (secondary N) is 1. The van der Waals surface area contributed by atoms with Gasteiger partial charge in [-0.1, -0.05) is 49.3 Å². The molecular weight excluding hydrogens is 366 g/mol. The Balaban J connectivity index is 1.54. The summed E-state index contributed by atoms with van der Waals surface area (Å²) < 4.78 is 5.26. The van der Waals surface area contributed by atoms with Gasteiger partial charge < -0.3 is 9.84 Å². The lowest BCUT2D eigenvalue weighted by Crippen LogP contribution is -2.38. The number of pyridine rings is 1. The molecule has 0 aliphatic rings. The first kappa shape index (κ1) is 20.7. The molecule has 1 amide bonds. The summed E-state index contributed by atoms with van der Waals surface area (Å²) in [6.45, 7) is 6.68. The van der Waals surface area contributed by atoms with E-state index in [2.05, 4.69) is 51.3 Å². The number of amides is 1. The Morgan fingerprint density at radius 1 is 1.14 bits per heavy atom. The van der Waals surface area contributed by atoms with E-state index in [-0.39, 0.29) is 11.9 Å². The molecule has 0 bridgehead atoms. The summed E-state index contributed by atoms with van der Waals surface area (Å²) in [5.41, 5.74) is 1.99. The van der Waals surface area contributed by atoms with Crippen LogP contribution in [0.1, 0.15) is 37.8 Å². The first-order valence-corrected chi connectivity index (χ1v) is 10.00. The van der Waals surface area contributed by atoms with Crippen molar-refractivity contribution in [2.24, 2.45) is 0 Å². The maximum absolute atomic E-state index is 12.4. The highest BCUT2D eigenvalue weighted by Crippen LogP contribution is 2.19. The largest absolute Gasteiger partial charge is 0.354 e. The fraction of sp³-hybridized carbons (Fsp3) is 0.364. The zero-order valence-electron chi connectivity index (χ0n) is 16.9. The number of likely N-dealkylation sites (N-methyl/N-ethyl adjacent to an activating group) is 1. The summed E-state index contributed by atoms with van der Waals surface area (Å²) in [6.07, 6.45) is 4.07. The number of carbonyl (C=O) groups excluding carboxylic acids is 1. The lowest BCUT2D eigenvalue weighted by Gasteiger charge is -2.30. The van der Waals surface area contributed by atoms with E-state index < -0.39 is 0 Å². The Kier molecular flexibility index (Phi) is 7.47. The van der Waals surface area contributed by atoms with Crippen molar-refractivity contribution >= 4 is 5.91 Å². The summed E-state index contributed by atoms with van der Waals surface area (Å²) in [6, 6.07) is 14.1. The van der Waals surface area contributed by atoms with Crippen molar-refractivity contribution in [2.75, 3.05) is 19.6 Å². The van der Waals surface area contributed by atoms with Crippen molar-refractivity contribution in [2.45, 2.75) is 32.7 Å². The highest BCUT2D eigenvalue weighted by atomic mass is 16.5. The Hall–Kier alpha value is -3.06. The van der Waals surface area contributed by atoms with Crippen molar-refractivity contribution in [1.29, 1.82) is 0 Å². The third-order valence-corrected chi connectivity index (χ3v) is 4.88. The molecule has 0 spiro atoms. The number of aryl methyl sites for hydroxylation is 1. The molecular formula is C22H27N5O2. The fourth-order valence-corrected chi connectivity index (χ4v) is 3.29. The smallest absolute Gasteiger partial charge is 0.227 e. The first-order chi connectivity index (χ1) is 14.2. The maximum Gasteiger partial charge on any atom is 0.227 e. The molecule has 1 atom stereocenters. The molecule has 1 unspecified atom stereocenters. The van der Waals surface area contributed by atoms with Crippen molar-refractivity contribution < 1.29 is 9.32 Å². The summed E-state index contributed by atoms with van der Waals surface area (Å²) >= 11 is 0. The standard InChI is InChI=1S/C22H27N5O2/c1-3-27(4-2)19(17-9-6-5-7-10-17)16-24-20(28)12-13-21-25-22(26-29-21)18-11-8-14-23-15-18/h5-11,14-15,19H,3-4,12-13,16H2,1-2H3,(H,24,28). The fourth-order valence-electron chi connectivity index (χ4n) is 3.29. The summed E-state index contributed by atoms with van der Waals surface area (Å²) in [4.78, 5) is 23.1. The molecule has 0 saturated heterocycles. The predicted octanol–water partition coefficient (Wildman–Crippen LogP) is 3.26. The van der Waals surface area contributed by atoms with Gasteiger partial charge in [-0.3, -0.25) is 14.7 Å². The second-order valence-electron chi connectivity index (χ2n) is 6.71. The van der Waals surface area contributed by atoms with Crippen LogP contribution in [-0.4, -0.2) is 45.6 Å². The summed E-state index contributed by atoms with van der Waals surface area (Å²) in [7, 11) is 0. The van der Waals surface area contributed by atoms with Gasteiger partial charge in [-0.15, -0.1) is 0 Å². The van der Waals surface area contributed by atoms with Gasteiger partial charge in [0.15, 0.2) is 0 Å². The molecule has 0 aliphatic heterocycles. The molecule has 3 rings (SSSR count). The number of benzene rings is 1. The predicted molar refractivity (Wildman–Crippen MR) is 111 cm³/mol. The molecule has 0 fully saturated rings. The molecule has 29 heavy (non-hydrogen) atoms. The van der Waals surface area contributed by atoms with Crippen molar-refractivity contribution in [3.8, 4) is 11.4 Å². The van der Waals surface area contributed by atoms with Crippen LogP contribution in [0.3, 0.4) is 0 Å². The number of hydrogen-bond donors (Lipinski definition) is 1. The maximum atomic E-state index is 12.4. The van der Waals surface area contributed by atoms with Crippen LogP contribution in [0, 0.1) is 0 Å². The van der Waals surface area contributed by atoms with Gasteiger partial charge in [-0.25, -0.2) is 0 Å². The molecule has 3 aromatic rings. The quantitative estimate of drug-likeness (QED) is 0.569. The normalized spacial score (nSPS) is 12.1. The lowest BCUT2D eigenvalue weighted by molar-refractivity contribution is -0.121. The van der Waals surface area contributed by atoms with Gasteiger partial charge in [-0.05, 0) is 30.8 Å². The minimum atomic E-state index is -0.0285. The average molecular weight is 393 g/mol. The van der Waals surface area contributed by atoms with E-state index in [1.165, 1.54) is 5.56 Å². The van der Waals surface area contributed by atoms with Gasteiger partial charge in [0.1, 0.15) is 0 Å². The average Bonchev–Trinajstić information content (AvgIpc) is 3.25. The first-order valence-electron chi connectivity index (χ1n) is 10.00. The zero-order chi connectivity index (χ0) is 20.5. The Labute approximate surface area is 171 Å². The molecule has 152 valence electrons. The summed E-state index contributed by atoms with van der Waals surface area (Å²) in [5.74, 6) is 0.903. The third-order valence-electron chi connectivity index (χ3n) is 4.88. The van der Waals surface area contributed by atoms with Gasteiger partial charge in [0, 0.05) is 37.3 Å². The Morgan fingerprint density at radius 2 is 1.93 bits per heavy atom. The minimum absolute atomic E-state index is 0.0285. The molecule has 0 radical (unpaired) electrons. The zero-order valence-corrected chi connectivity index (χ0v) is 16.9. The van der Waals surface area contributed by atoms with Crippen LogP contribution in [0.4, 0.5) is 0 Å². The van der Waals surface area contributed by atoms with Gasteiger partial charge in [0.25, 0.3) is 0 Å². The number of carbonyl (C=O) groups is 1. The SMILES string of the molecule is CCN(CC)C(CNC(=O)CCc1nc(-c2cccnc2)no1)c1ccccc1. The van der Waals surface area contributed by atoms with Gasteiger partial charge in [-0.2, -0.15) is 4.98 Å². The minimum Gasteiger partial charge on any atom is -0.354 e. The van der Waals surface area contributed by atoms with Gasteiger partial charge in [0.2, 0.25) is 17.6 Å². The van der Waals surface area contributed by atoms with Crippen LogP contribution in [0.5, 0.6) is 0 Å². The van der Waals surface area contributed by atoms with E-state index in [0.29, 0.717) is 31.1 Å². The highest BCUT2D eigenvalue weighted by molar-refractivity contribution is 5.76. The van der Waals surface area contributed by atoms with E-state index in [1.54, 1.807) is 12.4 Å². The number of nitrogens with zero attached hydrogens (tertiary/aromatic N) is 4. The monoisotopic (exact) mass is 393 g/mol. The second kappa shape index (κ2) is 10.5. The van der Waals surface area contributed by atoms with Crippen molar-refractivity contribution in [3.63, 3.8) is 0 Å². The highest BCUT2D eigenvalue weighted by Gasteiger charge is 2.19. The van der Waals surface area contributed by atoms with E-state index in [0.717, 1.165) is 18.7 Å². The van der Waals surface area contributed by atoms with Crippen molar-refractivity contribution in [1.82, 2.24) is 25.3 Å². The van der Waals surface area contributed by atoms with Crippen LogP contribution in [0.2, 0.25) is 0 Å². The topological polar surface area (TPSA) is 84.2 Å². The third kappa shape index (κ3) is 5.71. The Morgan fingerprint density at radius 3 is 2.62 bits per heavy atom. The van der Waals surface area contributed by atoms with E-state index >= 15 is 0 Å². The molecule has 2 heterocycles. The van der Waals surface area contributed by atoms with Gasteiger partial charge >= 0.3 is 0 Å². The van der Waals surface area contributed by atoms with E-state index in [1.807, 2.05) is 30.3 Å². The van der Waals surface area contributed by atoms with Crippen LogP contribution in [0.25, 0.3) is 11.4 Å². The molecule has 1 aromatic carbocycles. The summed E-state index contributed by atoms with van der Waals surface area (Å²) in [5, 5.41) is 7.02. The second-order valence-corrected chi connectivity index (χ2v) is 6.71. The Bertz CT molecular complexity index is 878. The van der Waals surface area contributed by atoms with E-state index in [9.17, 15) is 4.79 Å². The number of aromatic nitrogens is 3. The molecule has 2 aromatic heterocycles. The molecule has 0 aliphatic carbocycles. The molecule has 1 N–H and O–H groups in total. The van der Waals surface area contributed by atoms with Crippen LogP contribution < -0.4 is 5.32 Å². The van der Waals surface area contributed by atoms with Crippen LogP contribution in [-0.2, 0) is 11.2 Å². The number of hydrogen-bond acceptors (Lipinski definition) is 6. The lowest BCUT2D eigenvalue weighted by atomic mass is 10.0. The molecule has 0 saturated carbocycles. The van der Waals surface area contributed by atoms with Gasteiger partial charge in [0.05, 0.1) is 6.04 Å². The van der Waals surface area contributed by atoms with E-state index in [4.69, 9.17) is 4.52 Å². The molecule has 7 heteroatoms. The van der Waals surface area contributed by atoms with Crippen molar-refractivity contribution in [3.05, 3.63) is 66.3 Å². The molecule has 7 nitrogen and oxygen atoms in total. The number of rotatable bonds is 10.